The van der Waals surface area contributed by atoms with E-state index in [4.69, 9.17) is 9.47 Å². The Balaban J connectivity index is 2.17. The van der Waals surface area contributed by atoms with Gasteiger partial charge in [-0.2, -0.15) is 0 Å². The fraction of sp³-hybridized carbons (Fsp3) is 0.500. The van der Waals surface area contributed by atoms with Gasteiger partial charge in [0.25, 0.3) is 0 Å². The summed E-state index contributed by atoms with van der Waals surface area (Å²) in [5.74, 6) is 0.341. The molecule has 1 aromatic rings. The van der Waals surface area contributed by atoms with Gasteiger partial charge in [-0.3, -0.25) is 0 Å². The third-order valence-electron chi connectivity index (χ3n) is 3.11. The molecule has 4 heteroatoms. The molecule has 0 unspecified atom stereocenters. The lowest BCUT2D eigenvalue weighted by Gasteiger charge is -2.25. The fourth-order valence-corrected chi connectivity index (χ4v) is 2.10. The number of rotatable bonds is 3. The Morgan fingerprint density at radius 3 is 2.83 bits per heavy atom. The number of methoxy groups -OCH3 is 1. The first-order valence-electron chi connectivity index (χ1n) is 6.13. The Morgan fingerprint density at radius 2 is 2.11 bits per heavy atom. The number of benzene rings is 1. The Morgan fingerprint density at radius 1 is 1.33 bits per heavy atom. The molecule has 1 aliphatic heterocycles. The average molecular weight is 249 g/mol. The highest BCUT2D eigenvalue weighted by Gasteiger charge is 2.31. The fourth-order valence-electron chi connectivity index (χ4n) is 2.10. The summed E-state index contributed by atoms with van der Waals surface area (Å²) in [7, 11) is 1.37. The van der Waals surface area contributed by atoms with Crippen molar-refractivity contribution < 1.29 is 14.3 Å². The van der Waals surface area contributed by atoms with Crippen molar-refractivity contribution >= 4 is 5.97 Å². The summed E-state index contributed by atoms with van der Waals surface area (Å²) in [6, 6.07) is 5.96. The number of esters is 1. The third kappa shape index (κ3) is 2.64. The van der Waals surface area contributed by atoms with E-state index < -0.39 is 5.60 Å². The monoisotopic (exact) mass is 249 g/mol. The van der Waals surface area contributed by atoms with E-state index in [2.05, 4.69) is 5.32 Å². The molecule has 0 fully saturated rings. The van der Waals surface area contributed by atoms with Gasteiger partial charge < -0.3 is 14.8 Å². The summed E-state index contributed by atoms with van der Waals surface area (Å²) in [6.07, 6.45) is 0.991. The number of hydrogen-bond acceptors (Lipinski definition) is 4. The quantitative estimate of drug-likeness (QED) is 0.828. The second-order valence-corrected chi connectivity index (χ2v) is 4.96. The molecule has 0 atom stereocenters. The van der Waals surface area contributed by atoms with E-state index >= 15 is 0 Å². The van der Waals surface area contributed by atoms with Crippen LogP contribution < -0.4 is 10.1 Å². The van der Waals surface area contributed by atoms with Crippen LogP contribution in [-0.2, 0) is 22.5 Å². The van der Waals surface area contributed by atoms with Gasteiger partial charge in [0.2, 0.25) is 0 Å². The molecule has 0 saturated carbocycles. The SMILES string of the molecule is COC(=O)C(C)(C)Oc1ccc2c(c1)CCNC2. The van der Waals surface area contributed by atoms with E-state index in [0.29, 0.717) is 5.75 Å². The lowest BCUT2D eigenvalue weighted by Crippen LogP contribution is -2.39. The summed E-state index contributed by atoms with van der Waals surface area (Å²) in [4.78, 5) is 11.6. The molecule has 1 N–H and O–H groups in total. The minimum Gasteiger partial charge on any atom is -0.476 e. The summed E-state index contributed by atoms with van der Waals surface area (Å²) < 4.78 is 10.5. The van der Waals surface area contributed by atoms with E-state index in [1.54, 1.807) is 13.8 Å². The molecule has 0 spiro atoms. The van der Waals surface area contributed by atoms with E-state index in [1.165, 1.54) is 18.2 Å². The van der Waals surface area contributed by atoms with Gasteiger partial charge in [-0.05, 0) is 50.1 Å². The standard InChI is InChI=1S/C14H19NO3/c1-14(2,13(16)17-3)18-12-5-4-11-9-15-7-6-10(11)8-12/h4-5,8,15H,6-7,9H2,1-3H3. The van der Waals surface area contributed by atoms with Gasteiger partial charge in [-0.1, -0.05) is 6.07 Å². The second kappa shape index (κ2) is 4.98. The average Bonchev–Trinajstić information content (AvgIpc) is 2.37. The topological polar surface area (TPSA) is 47.6 Å². The lowest BCUT2D eigenvalue weighted by atomic mass is 10.0. The van der Waals surface area contributed by atoms with Crippen LogP contribution >= 0.6 is 0 Å². The van der Waals surface area contributed by atoms with Crippen LogP contribution in [0.3, 0.4) is 0 Å². The Labute approximate surface area is 107 Å². The maximum Gasteiger partial charge on any atom is 0.349 e. The van der Waals surface area contributed by atoms with E-state index in [0.717, 1.165) is 19.5 Å². The van der Waals surface area contributed by atoms with Gasteiger partial charge in [-0.15, -0.1) is 0 Å². The zero-order chi connectivity index (χ0) is 13.2. The van der Waals surface area contributed by atoms with Crippen LogP contribution in [-0.4, -0.2) is 25.2 Å². The van der Waals surface area contributed by atoms with Crippen molar-refractivity contribution in [3.05, 3.63) is 29.3 Å². The first kappa shape index (κ1) is 12.9. The number of hydrogen-bond donors (Lipinski definition) is 1. The first-order valence-corrected chi connectivity index (χ1v) is 6.13. The van der Waals surface area contributed by atoms with Crippen molar-refractivity contribution in [2.45, 2.75) is 32.4 Å². The van der Waals surface area contributed by atoms with E-state index in [1.807, 2.05) is 18.2 Å². The first-order chi connectivity index (χ1) is 8.53. The molecular weight excluding hydrogens is 230 g/mol. The number of carbonyl (C=O) groups is 1. The van der Waals surface area contributed by atoms with Crippen LogP contribution in [0.25, 0.3) is 0 Å². The molecule has 4 nitrogen and oxygen atoms in total. The van der Waals surface area contributed by atoms with Gasteiger partial charge in [0.05, 0.1) is 7.11 Å². The Bertz CT molecular complexity index is 454. The van der Waals surface area contributed by atoms with Crippen molar-refractivity contribution in [2.24, 2.45) is 0 Å². The number of carbonyl (C=O) groups excluding carboxylic acids is 1. The lowest BCUT2D eigenvalue weighted by molar-refractivity contribution is -0.156. The largest absolute Gasteiger partial charge is 0.476 e. The van der Waals surface area contributed by atoms with Crippen LogP contribution in [0.15, 0.2) is 18.2 Å². The molecule has 2 rings (SSSR count). The van der Waals surface area contributed by atoms with E-state index in [-0.39, 0.29) is 5.97 Å². The predicted octanol–water partition coefficient (Wildman–Crippen LogP) is 1.66. The minimum atomic E-state index is -0.962. The number of ether oxygens (including phenoxy) is 2. The molecule has 1 aliphatic rings. The highest BCUT2D eigenvalue weighted by molar-refractivity contribution is 5.78. The Kier molecular flexibility index (Phi) is 3.57. The molecule has 1 heterocycles. The maximum absolute atomic E-state index is 11.6. The normalized spacial score (nSPS) is 14.8. The van der Waals surface area contributed by atoms with Gasteiger partial charge in [0.15, 0.2) is 5.60 Å². The predicted molar refractivity (Wildman–Crippen MR) is 68.6 cm³/mol. The van der Waals surface area contributed by atoms with Crippen LogP contribution in [0, 0.1) is 0 Å². The zero-order valence-electron chi connectivity index (χ0n) is 11.1. The van der Waals surface area contributed by atoms with Crippen molar-refractivity contribution in [3.63, 3.8) is 0 Å². The van der Waals surface area contributed by atoms with Crippen molar-refractivity contribution in [2.75, 3.05) is 13.7 Å². The van der Waals surface area contributed by atoms with Crippen LogP contribution in [0.1, 0.15) is 25.0 Å². The highest BCUT2D eigenvalue weighted by Crippen LogP contribution is 2.24. The molecule has 0 saturated heterocycles. The van der Waals surface area contributed by atoms with Gasteiger partial charge in [0.1, 0.15) is 5.75 Å². The molecule has 18 heavy (non-hydrogen) atoms. The Hall–Kier alpha value is -1.55. The van der Waals surface area contributed by atoms with Crippen LogP contribution in [0.2, 0.25) is 0 Å². The molecule has 0 aromatic heterocycles. The van der Waals surface area contributed by atoms with Crippen molar-refractivity contribution in [1.29, 1.82) is 0 Å². The number of fused-ring (bicyclic) bond motifs is 1. The van der Waals surface area contributed by atoms with Gasteiger partial charge >= 0.3 is 5.97 Å². The van der Waals surface area contributed by atoms with E-state index in [9.17, 15) is 4.79 Å². The van der Waals surface area contributed by atoms with Crippen LogP contribution in [0.4, 0.5) is 0 Å². The second-order valence-electron chi connectivity index (χ2n) is 4.96. The van der Waals surface area contributed by atoms with Gasteiger partial charge in [-0.25, -0.2) is 4.79 Å². The molecular formula is C14H19NO3. The summed E-state index contributed by atoms with van der Waals surface area (Å²) in [6.45, 7) is 5.30. The van der Waals surface area contributed by atoms with Crippen LogP contribution in [0.5, 0.6) is 5.75 Å². The summed E-state index contributed by atoms with van der Waals surface area (Å²) in [5, 5.41) is 3.32. The highest BCUT2D eigenvalue weighted by atomic mass is 16.6. The summed E-state index contributed by atoms with van der Waals surface area (Å²) in [5.41, 5.74) is 1.62. The molecule has 1 aromatic carbocycles. The zero-order valence-corrected chi connectivity index (χ0v) is 11.1. The molecule has 98 valence electrons. The third-order valence-corrected chi connectivity index (χ3v) is 3.11. The van der Waals surface area contributed by atoms with Crippen molar-refractivity contribution in [1.82, 2.24) is 5.32 Å². The van der Waals surface area contributed by atoms with Gasteiger partial charge in [0, 0.05) is 6.54 Å². The number of nitrogens with one attached hydrogen (secondary N) is 1. The molecule has 0 amide bonds. The minimum absolute atomic E-state index is 0.373. The van der Waals surface area contributed by atoms with Crippen molar-refractivity contribution in [3.8, 4) is 5.75 Å². The molecule has 0 bridgehead atoms. The molecule has 0 radical (unpaired) electrons. The maximum atomic E-state index is 11.6. The molecule has 0 aliphatic carbocycles. The smallest absolute Gasteiger partial charge is 0.349 e. The summed E-state index contributed by atoms with van der Waals surface area (Å²) >= 11 is 0.